The SMILES string of the molecule is CCCN=S(=O)=O.Cc1c(C(=O)O)cccc1C(=O)O. The van der Waals surface area contributed by atoms with E-state index < -0.39 is 22.4 Å². The maximum absolute atomic E-state index is 10.6. The fourth-order valence-corrected chi connectivity index (χ4v) is 1.60. The summed E-state index contributed by atoms with van der Waals surface area (Å²) in [5.41, 5.74) is 0.335. The molecule has 0 bridgehead atoms. The molecule has 0 saturated carbocycles. The van der Waals surface area contributed by atoms with Gasteiger partial charge in [0, 0.05) is 0 Å². The molecule has 0 atom stereocenters. The predicted octanol–water partition coefficient (Wildman–Crippen LogP) is 1.85. The zero-order valence-corrected chi connectivity index (χ0v) is 11.8. The van der Waals surface area contributed by atoms with Gasteiger partial charge >= 0.3 is 22.4 Å². The third kappa shape index (κ3) is 6.10. The fraction of sp³-hybridized carbons (Fsp3) is 0.333. The molecule has 1 aromatic carbocycles. The maximum atomic E-state index is 10.6. The Morgan fingerprint density at radius 1 is 1.15 bits per heavy atom. The largest absolute Gasteiger partial charge is 0.478 e. The summed E-state index contributed by atoms with van der Waals surface area (Å²) in [5, 5.41) is 17.4. The molecule has 0 saturated heterocycles. The van der Waals surface area contributed by atoms with Crippen molar-refractivity contribution in [2.24, 2.45) is 4.36 Å². The number of rotatable bonds is 4. The number of benzene rings is 1. The quantitative estimate of drug-likeness (QED) is 0.875. The van der Waals surface area contributed by atoms with E-state index in [9.17, 15) is 18.0 Å². The smallest absolute Gasteiger partial charge is 0.335 e. The van der Waals surface area contributed by atoms with Gasteiger partial charge in [0.2, 0.25) is 0 Å². The Hall–Kier alpha value is -2.22. The Kier molecular flexibility index (Phi) is 7.83. The minimum absolute atomic E-state index is 0.0277. The molecule has 0 radical (unpaired) electrons. The Labute approximate surface area is 117 Å². The van der Waals surface area contributed by atoms with Gasteiger partial charge in [-0.2, -0.15) is 12.8 Å². The molecule has 0 aliphatic rings. The van der Waals surface area contributed by atoms with Gasteiger partial charge in [0.1, 0.15) is 0 Å². The summed E-state index contributed by atoms with van der Waals surface area (Å²) >= 11 is 0. The molecule has 0 spiro atoms. The number of carboxylic acid groups (broad SMARTS) is 2. The van der Waals surface area contributed by atoms with E-state index in [0.29, 0.717) is 6.54 Å². The minimum atomic E-state index is -2.19. The van der Waals surface area contributed by atoms with Crippen LogP contribution in [0.1, 0.15) is 39.6 Å². The molecule has 2 N–H and O–H groups in total. The van der Waals surface area contributed by atoms with E-state index in [-0.39, 0.29) is 16.7 Å². The molecule has 0 aliphatic carbocycles. The van der Waals surface area contributed by atoms with Gasteiger partial charge in [-0.1, -0.05) is 13.0 Å². The summed E-state index contributed by atoms with van der Waals surface area (Å²) in [5.74, 6) is -2.22. The Morgan fingerprint density at radius 3 is 1.85 bits per heavy atom. The van der Waals surface area contributed by atoms with Crippen molar-refractivity contribution in [1.29, 1.82) is 0 Å². The van der Waals surface area contributed by atoms with E-state index in [4.69, 9.17) is 10.2 Å². The summed E-state index contributed by atoms with van der Waals surface area (Å²) in [6.45, 7) is 3.76. The summed E-state index contributed by atoms with van der Waals surface area (Å²) in [6.07, 6.45) is 0.786. The molecule has 20 heavy (non-hydrogen) atoms. The van der Waals surface area contributed by atoms with Crippen molar-refractivity contribution in [3.63, 3.8) is 0 Å². The van der Waals surface area contributed by atoms with Crippen LogP contribution in [-0.4, -0.2) is 37.1 Å². The third-order valence-corrected chi connectivity index (χ3v) is 2.61. The molecule has 7 nitrogen and oxygen atoms in total. The van der Waals surface area contributed by atoms with E-state index >= 15 is 0 Å². The van der Waals surface area contributed by atoms with Crippen molar-refractivity contribution in [1.82, 2.24) is 0 Å². The van der Waals surface area contributed by atoms with Crippen molar-refractivity contribution < 1.29 is 28.2 Å². The topological polar surface area (TPSA) is 121 Å². The molecule has 0 aliphatic heterocycles. The van der Waals surface area contributed by atoms with Crippen LogP contribution in [0.4, 0.5) is 0 Å². The zero-order valence-electron chi connectivity index (χ0n) is 11.0. The highest BCUT2D eigenvalue weighted by Gasteiger charge is 2.13. The van der Waals surface area contributed by atoms with Gasteiger partial charge in [-0.05, 0) is 31.0 Å². The number of nitrogens with zero attached hydrogens (tertiary/aromatic N) is 1. The van der Waals surface area contributed by atoms with Gasteiger partial charge in [0.05, 0.1) is 17.7 Å². The first-order valence-electron chi connectivity index (χ1n) is 5.64. The minimum Gasteiger partial charge on any atom is -0.478 e. The van der Waals surface area contributed by atoms with Gasteiger partial charge in [0.15, 0.2) is 0 Å². The molecule has 1 aromatic rings. The standard InChI is InChI=1S/C9H8O4.C3H7NO2S/c1-5-6(8(10)11)3-2-4-7(5)9(12)13;1-2-3-4-7(5)6/h2-4H,1H3,(H,10,11)(H,12,13);2-3H2,1H3. The Bertz CT molecular complexity index is 581. The van der Waals surface area contributed by atoms with Crippen molar-refractivity contribution in [2.45, 2.75) is 20.3 Å². The first kappa shape index (κ1) is 17.8. The van der Waals surface area contributed by atoms with E-state index in [1.807, 2.05) is 6.92 Å². The van der Waals surface area contributed by atoms with Crippen LogP contribution in [0.5, 0.6) is 0 Å². The highest BCUT2D eigenvalue weighted by molar-refractivity contribution is 7.61. The fourth-order valence-electron chi connectivity index (χ4n) is 1.26. The van der Waals surface area contributed by atoms with E-state index in [2.05, 4.69) is 4.36 Å². The lowest BCUT2D eigenvalue weighted by Gasteiger charge is -2.03. The summed E-state index contributed by atoms with van der Waals surface area (Å²) in [7, 11) is -2.19. The van der Waals surface area contributed by atoms with Gasteiger partial charge < -0.3 is 10.2 Å². The average molecular weight is 301 g/mol. The van der Waals surface area contributed by atoms with Crippen molar-refractivity contribution in [3.8, 4) is 0 Å². The van der Waals surface area contributed by atoms with Gasteiger partial charge in [-0.3, -0.25) is 0 Å². The second-order valence-electron chi connectivity index (χ2n) is 3.66. The van der Waals surface area contributed by atoms with Crippen LogP contribution < -0.4 is 0 Å². The predicted molar refractivity (Wildman–Crippen MR) is 71.6 cm³/mol. The molecule has 0 fully saturated rings. The summed E-state index contributed by atoms with van der Waals surface area (Å²) < 4.78 is 22.3. The second-order valence-corrected chi connectivity index (χ2v) is 4.35. The third-order valence-electron chi connectivity index (χ3n) is 2.21. The lowest BCUT2D eigenvalue weighted by Crippen LogP contribution is -2.06. The molecule has 0 heterocycles. The Balaban J connectivity index is 0.000000441. The highest BCUT2D eigenvalue weighted by atomic mass is 32.2. The number of aromatic carboxylic acids is 2. The Morgan fingerprint density at radius 2 is 1.60 bits per heavy atom. The van der Waals surface area contributed by atoms with Crippen LogP contribution >= 0.6 is 0 Å². The molecule has 0 amide bonds. The summed E-state index contributed by atoms with van der Waals surface area (Å²) in [4.78, 5) is 21.2. The van der Waals surface area contributed by atoms with Crippen LogP contribution in [0, 0.1) is 6.92 Å². The second kappa shape index (κ2) is 8.81. The first-order valence-corrected chi connectivity index (χ1v) is 6.67. The number of carbonyl (C=O) groups is 2. The molecule has 110 valence electrons. The molecule has 0 aromatic heterocycles. The number of hydrogen-bond donors (Lipinski definition) is 2. The molecule has 0 unspecified atom stereocenters. The molecular formula is C12H15NO6S. The zero-order chi connectivity index (χ0) is 15.7. The summed E-state index contributed by atoms with van der Waals surface area (Å²) in [6, 6.07) is 4.17. The van der Waals surface area contributed by atoms with Crippen LogP contribution in [-0.2, 0) is 10.5 Å². The van der Waals surface area contributed by atoms with Crippen molar-refractivity contribution in [2.75, 3.05) is 6.54 Å². The number of hydrogen-bond acceptors (Lipinski definition) is 5. The number of carboxylic acids is 2. The van der Waals surface area contributed by atoms with E-state index in [1.165, 1.54) is 25.1 Å². The lowest BCUT2D eigenvalue weighted by atomic mass is 10.0. The average Bonchev–Trinajstić information content (AvgIpc) is 2.36. The van der Waals surface area contributed by atoms with Crippen molar-refractivity contribution >= 4 is 22.4 Å². The molecule has 1 rings (SSSR count). The van der Waals surface area contributed by atoms with E-state index in [1.54, 1.807) is 0 Å². The lowest BCUT2D eigenvalue weighted by molar-refractivity contribution is 0.0696. The van der Waals surface area contributed by atoms with Gasteiger partial charge in [-0.25, -0.2) is 9.59 Å². The van der Waals surface area contributed by atoms with Crippen LogP contribution in [0.2, 0.25) is 0 Å². The molecular weight excluding hydrogens is 286 g/mol. The van der Waals surface area contributed by atoms with E-state index in [0.717, 1.165) is 6.42 Å². The maximum Gasteiger partial charge on any atom is 0.335 e. The molecule has 8 heteroatoms. The first-order chi connectivity index (χ1) is 9.31. The monoisotopic (exact) mass is 301 g/mol. The normalized spacial score (nSPS) is 9.10. The van der Waals surface area contributed by atoms with Crippen LogP contribution in [0.3, 0.4) is 0 Å². The van der Waals surface area contributed by atoms with Gasteiger partial charge in [0.25, 0.3) is 0 Å². The van der Waals surface area contributed by atoms with Crippen molar-refractivity contribution in [3.05, 3.63) is 34.9 Å². The highest BCUT2D eigenvalue weighted by Crippen LogP contribution is 2.13. The van der Waals surface area contributed by atoms with Crippen LogP contribution in [0.15, 0.2) is 22.6 Å². The van der Waals surface area contributed by atoms with Crippen LogP contribution in [0.25, 0.3) is 0 Å². The van der Waals surface area contributed by atoms with Gasteiger partial charge in [-0.15, -0.1) is 0 Å².